The number of rotatable bonds is 6. The molecular weight excluding hydrogens is 278 g/mol. The molecule has 1 fully saturated rings. The summed E-state index contributed by atoms with van der Waals surface area (Å²) >= 11 is 0. The normalized spacial score (nSPS) is 15.3. The highest BCUT2D eigenvalue weighted by Crippen LogP contribution is 2.17. The maximum atomic E-state index is 11.9. The molecule has 1 aliphatic rings. The molecule has 3 N–H and O–H groups in total. The van der Waals surface area contributed by atoms with Crippen LogP contribution in [0.4, 0.5) is 0 Å². The van der Waals surface area contributed by atoms with E-state index < -0.39 is 0 Å². The van der Waals surface area contributed by atoms with Gasteiger partial charge in [-0.25, -0.2) is 0 Å². The molecule has 2 amide bonds. The van der Waals surface area contributed by atoms with Crippen LogP contribution >= 0.6 is 0 Å². The highest BCUT2D eigenvalue weighted by Gasteiger charge is 2.14. The third kappa shape index (κ3) is 5.15. The van der Waals surface area contributed by atoms with Crippen molar-refractivity contribution in [2.75, 3.05) is 20.1 Å². The van der Waals surface area contributed by atoms with Crippen LogP contribution in [0.1, 0.15) is 41.6 Å². The Bertz CT molecular complexity index is 493. The average molecular weight is 303 g/mol. The number of nitrogens with one attached hydrogen (secondary N) is 3. The molecule has 0 aliphatic carbocycles. The molecule has 0 radical (unpaired) electrons. The maximum Gasteiger partial charge on any atom is 0.251 e. The first-order valence-electron chi connectivity index (χ1n) is 7.97. The molecule has 1 aromatic rings. The standard InChI is InChI=1S/C17H25N3O2/c1-18-17(22)15-5-2-14(3-6-15)12-20-16(21)7-4-13-8-10-19-11-9-13/h2-3,5-6,13,19H,4,7-12H2,1H3,(H,18,22)(H,20,21). The lowest BCUT2D eigenvalue weighted by atomic mass is 9.93. The van der Waals surface area contributed by atoms with E-state index in [2.05, 4.69) is 16.0 Å². The Hall–Kier alpha value is -1.88. The molecule has 22 heavy (non-hydrogen) atoms. The van der Waals surface area contributed by atoms with E-state index >= 15 is 0 Å². The van der Waals surface area contributed by atoms with Gasteiger partial charge in [-0.2, -0.15) is 0 Å². The average Bonchev–Trinajstić information content (AvgIpc) is 2.58. The largest absolute Gasteiger partial charge is 0.355 e. The number of hydrogen-bond acceptors (Lipinski definition) is 3. The topological polar surface area (TPSA) is 70.2 Å². The van der Waals surface area contributed by atoms with Gasteiger partial charge in [-0.3, -0.25) is 9.59 Å². The minimum atomic E-state index is -0.0995. The fraction of sp³-hybridized carbons (Fsp3) is 0.529. The summed E-state index contributed by atoms with van der Waals surface area (Å²) in [5.74, 6) is 0.685. The van der Waals surface area contributed by atoms with Crippen molar-refractivity contribution >= 4 is 11.8 Å². The summed E-state index contributed by atoms with van der Waals surface area (Å²) in [6, 6.07) is 7.29. The zero-order valence-electron chi connectivity index (χ0n) is 13.2. The van der Waals surface area contributed by atoms with Crippen LogP contribution in [-0.4, -0.2) is 32.0 Å². The number of carbonyl (C=O) groups is 2. The Labute approximate surface area is 131 Å². The molecule has 1 aliphatic heterocycles. The Kier molecular flexibility index (Phi) is 6.40. The molecule has 5 heteroatoms. The van der Waals surface area contributed by atoms with E-state index in [0.717, 1.165) is 25.1 Å². The number of benzene rings is 1. The van der Waals surface area contributed by atoms with Crippen molar-refractivity contribution in [1.82, 2.24) is 16.0 Å². The van der Waals surface area contributed by atoms with Gasteiger partial charge in [0.2, 0.25) is 5.91 Å². The van der Waals surface area contributed by atoms with Gasteiger partial charge in [-0.05, 0) is 56.0 Å². The smallest absolute Gasteiger partial charge is 0.251 e. The van der Waals surface area contributed by atoms with Crippen molar-refractivity contribution in [2.24, 2.45) is 5.92 Å². The second kappa shape index (κ2) is 8.54. The lowest BCUT2D eigenvalue weighted by Gasteiger charge is -2.22. The summed E-state index contributed by atoms with van der Waals surface area (Å²) in [6.45, 7) is 2.66. The van der Waals surface area contributed by atoms with Crippen LogP contribution in [0, 0.1) is 5.92 Å². The van der Waals surface area contributed by atoms with Crippen LogP contribution < -0.4 is 16.0 Å². The van der Waals surface area contributed by atoms with Gasteiger partial charge < -0.3 is 16.0 Å². The Morgan fingerprint density at radius 2 is 1.86 bits per heavy atom. The van der Waals surface area contributed by atoms with Gasteiger partial charge in [0.15, 0.2) is 0 Å². The molecule has 0 spiro atoms. The first-order chi connectivity index (χ1) is 10.7. The van der Waals surface area contributed by atoms with Crippen molar-refractivity contribution in [1.29, 1.82) is 0 Å². The Balaban J connectivity index is 1.70. The molecule has 1 saturated heterocycles. The van der Waals surface area contributed by atoms with Gasteiger partial charge in [-0.15, -0.1) is 0 Å². The van der Waals surface area contributed by atoms with Crippen LogP contribution in [-0.2, 0) is 11.3 Å². The number of piperidine rings is 1. The van der Waals surface area contributed by atoms with Crippen LogP contribution in [0.2, 0.25) is 0 Å². The van der Waals surface area contributed by atoms with E-state index in [1.54, 1.807) is 19.2 Å². The van der Waals surface area contributed by atoms with Gasteiger partial charge in [0.05, 0.1) is 0 Å². The van der Waals surface area contributed by atoms with Crippen LogP contribution in [0.5, 0.6) is 0 Å². The van der Waals surface area contributed by atoms with Crippen molar-refractivity contribution in [3.8, 4) is 0 Å². The fourth-order valence-electron chi connectivity index (χ4n) is 2.71. The molecule has 5 nitrogen and oxygen atoms in total. The third-order valence-electron chi connectivity index (χ3n) is 4.17. The minimum absolute atomic E-state index is 0.0995. The highest BCUT2D eigenvalue weighted by molar-refractivity contribution is 5.93. The summed E-state index contributed by atoms with van der Waals surface area (Å²) in [5.41, 5.74) is 1.63. The van der Waals surface area contributed by atoms with Gasteiger partial charge in [0.1, 0.15) is 0 Å². The molecule has 1 aromatic carbocycles. The first kappa shape index (κ1) is 16.5. The van der Waals surface area contributed by atoms with Crippen LogP contribution in [0.25, 0.3) is 0 Å². The molecule has 0 atom stereocenters. The minimum Gasteiger partial charge on any atom is -0.355 e. The second-order valence-corrected chi connectivity index (χ2v) is 5.78. The monoisotopic (exact) mass is 303 g/mol. The SMILES string of the molecule is CNC(=O)c1ccc(CNC(=O)CCC2CCNCC2)cc1. The molecule has 0 unspecified atom stereocenters. The van der Waals surface area contributed by atoms with Crippen LogP contribution in [0.3, 0.4) is 0 Å². The molecular formula is C17H25N3O2. The van der Waals surface area contributed by atoms with E-state index in [0.29, 0.717) is 24.4 Å². The Morgan fingerprint density at radius 3 is 2.50 bits per heavy atom. The maximum absolute atomic E-state index is 11.9. The van der Waals surface area contributed by atoms with Crippen molar-refractivity contribution in [3.05, 3.63) is 35.4 Å². The summed E-state index contributed by atoms with van der Waals surface area (Å²) in [7, 11) is 1.61. The van der Waals surface area contributed by atoms with E-state index in [-0.39, 0.29) is 11.8 Å². The van der Waals surface area contributed by atoms with Gasteiger partial charge in [0, 0.05) is 25.6 Å². The lowest BCUT2D eigenvalue weighted by molar-refractivity contribution is -0.121. The number of amides is 2. The van der Waals surface area contributed by atoms with Gasteiger partial charge in [-0.1, -0.05) is 12.1 Å². The summed E-state index contributed by atoms with van der Waals surface area (Å²) in [6.07, 6.45) is 3.92. The molecule has 1 heterocycles. The fourth-order valence-corrected chi connectivity index (χ4v) is 2.71. The quantitative estimate of drug-likeness (QED) is 0.745. The first-order valence-corrected chi connectivity index (χ1v) is 7.97. The third-order valence-corrected chi connectivity index (χ3v) is 4.17. The van der Waals surface area contributed by atoms with Crippen LogP contribution in [0.15, 0.2) is 24.3 Å². The van der Waals surface area contributed by atoms with Gasteiger partial charge in [0.25, 0.3) is 5.91 Å². The summed E-state index contributed by atoms with van der Waals surface area (Å²) < 4.78 is 0. The lowest BCUT2D eigenvalue weighted by Crippen LogP contribution is -2.29. The van der Waals surface area contributed by atoms with E-state index in [1.807, 2.05) is 12.1 Å². The van der Waals surface area contributed by atoms with Gasteiger partial charge >= 0.3 is 0 Å². The van der Waals surface area contributed by atoms with Crippen molar-refractivity contribution in [2.45, 2.75) is 32.2 Å². The van der Waals surface area contributed by atoms with E-state index in [1.165, 1.54) is 12.8 Å². The molecule has 0 aromatic heterocycles. The predicted octanol–water partition coefficient (Wildman–Crippen LogP) is 1.44. The van der Waals surface area contributed by atoms with E-state index in [4.69, 9.17) is 0 Å². The van der Waals surface area contributed by atoms with E-state index in [9.17, 15) is 9.59 Å². The molecule has 0 bridgehead atoms. The second-order valence-electron chi connectivity index (χ2n) is 5.78. The van der Waals surface area contributed by atoms with Crippen molar-refractivity contribution in [3.63, 3.8) is 0 Å². The molecule has 0 saturated carbocycles. The molecule has 120 valence electrons. The highest BCUT2D eigenvalue weighted by atomic mass is 16.2. The summed E-state index contributed by atoms with van der Waals surface area (Å²) in [5, 5.41) is 8.87. The van der Waals surface area contributed by atoms with Crippen molar-refractivity contribution < 1.29 is 9.59 Å². The number of hydrogen-bond donors (Lipinski definition) is 3. The number of carbonyl (C=O) groups excluding carboxylic acids is 2. The Morgan fingerprint density at radius 1 is 1.18 bits per heavy atom. The predicted molar refractivity (Wildman–Crippen MR) is 86.5 cm³/mol. The summed E-state index contributed by atoms with van der Waals surface area (Å²) in [4.78, 5) is 23.3. The zero-order valence-corrected chi connectivity index (χ0v) is 13.2. The zero-order chi connectivity index (χ0) is 15.8. The molecule has 2 rings (SSSR count).